The van der Waals surface area contributed by atoms with Gasteiger partial charge in [0.1, 0.15) is 11.3 Å². The maximum absolute atomic E-state index is 13.1. The molecular formula is C24H15FN4O4. The second-order valence-corrected chi connectivity index (χ2v) is 7.25. The standard InChI is InChI=1S/C24H15FN4O4/c25-16-8-6-13(7-9-16)11-18-28-29-23(33-18)21-22(30)20-17(5-2-10-26-20)19(27-21)14-3-1-4-15(12-14)24(31)32/h1-10,12,30H,11H2,(H,31,32). The van der Waals surface area contributed by atoms with Crippen molar-refractivity contribution >= 4 is 16.9 Å². The Bertz CT molecular complexity index is 1500. The Balaban J connectivity index is 1.62. The van der Waals surface area contributed by atoms with Gasteiger partial charge in [0.2, 0.25) is 5.89 Å². The fraction of sp³-hybridized carbons (Fsp3) is 0.0417. The van der Waals surface area contributed by atoms with Crippen molar-refractivity contribution in [1.29, 1.82) is 0 Å². The van der Waals surface area contributed by atoms with E-state index >= 15 is 0 Å². The van der Waals surface area contributed by atoms with Gasteiger partial charge in [-0.05, 0) is 42.0 Å². The Kier molecular flexibility index (Phi) is 4.98. The smallest absolute Gasteiger partial charge is 0.335 e. The number of hydrogen-bond donors (Lipinski definition) is 2. The normalized spacial score (nSPS) is 11.1. The number of fused-ring (bicyclic) bond motifs is 1. The summed E-state index contributed by atoms with van der Waals surface area (Å²) >= 11 is 0. The fourth-order valence-electron chi connectivity index (χ4n) is 3.49. The molecule has 0 aliphatic heterocycles. The van der Waals surface area contributed by atoms with E-state index < -0.39 is 5.97 Å². The molecule has 8 nitrogen and oxygen atoms in total. The molecule has 0 bridgehead atoms. The van der Waals surface area contributed by atoms with Crippen molar-refractivity contribution in [1.82, 2.24) is 20.2 Å². The summed E-state index contributed by atoms with van der Waals surface area (Å²) in [7, 11) is 0. The van der Waals surface area contributed by atoms with Crippen LogP contribution in [-0.4, -0.2) is 36.3 Å². The largest absolute Gasteiger partial charge is 0.504 e. The highest BCUT2D eigenvalue weighted by Crippen LogP contribution is 2.37. The molecule has 3 heterocycles. The number of pyridine rings is 2. The van der Waals surface area contributed by atoms with Crippen LogP contribution in [0.5, 0.6) is 5.75 Å². The Morgan fingerprint density at radius 1 is 1.00 bits per heavy atom. The number of halogens is 1. The Hall–Kier alpha value is -4.66. The van der Waals surface area contributed by atoms with E-state index in [1.807, 2.05) is 0 Å². The zero-order valence-corrected chi connectivity index (χ0v) is 16.9. The van der Waals surface area contributed by atoms with Crippen LogP contribution in [0.3, 0.4) is 0 Å². The van der Waals surface area contributed by atoms with Crippen LogP contribution < -0.4 is 0 Å². The van der Waals surface area contributed by atoms with Crippen LogP contribution in [0.4, 0.5) is 4.39 Å². The first-order valence-electron chi connectivity index (χ1n) is 9.88. The number of rotatable bonds is 5. The zero-order chi connectivity index (χ0) is 22.9. The zero-order valence-electron chi connectivity index (χ0n) is 16.9. The molecule has 0 atom stereocenters. The second-order valence-electron chi connectivity index (χ2n) is 7.25. The lowest BCUT2D eigenvalue weighted by atomic mass is 10.0. The molecule has 3 aromatic heterocycles. The number of aromatic hydroxyl groups is 1. The monoisotopic (exact) mass is 442 g/mol. The van der Waals surface area contributed by atoms with E-state index in [4.69, 9.17) is 4.42 Å². The molecule has 2 N–H and O–H groups in total. The lowest BCUT2D eigenvalue weighted by Crippen LogP contribution is -1.98. The van der Waals surface area contributed by atoms with Crippen LogP contribution in [0.25, 0.3) is 33.7 Å². The predicted octanol–water partition coefficient (Wildman–Crippen LogP) is 4.48. The fourth-order valence-corrected chi connectivity index (χ4v) is 3.49. The SMILES string of the molecule is O=C(O)c1cccc(-c2nc(-c3nnc(Cc4ccc(F)cc4)o3)c(O)c3ncccc23)c1. The Morgan fingerprint density at radius 2 is 1.82 bits per heavy atom. The molecule has 0 spiro atoms. The predicted molar refractivity (Wildman–Crippen MR) is 116 cm³/mol. The average molecular weight is 442 g/mol. The number of nitrogens with zero attached hydrogens (tertiary/aromatic N) is 4. The van der Waals surface area contributed by atoms with Gasteiger partial charge in [-0.25, -0.2) is 14.2 Å². The van der Waals surface area contributed by atoms with Gasteiger partial charge >= 0.3 is 5.97 Å². The van der Waals surface area contributed by atoms with E-state index in [1.165, 1.54) is 30.5 Å². The molecule has 0 saturated carbocycles. The maximum Gasteiger partial charge on any atom is 0.335 e. The molecule has 0 unspecified atom stereocenters. The van der Waals surface area contributed by atoms with Crippen molar-refractivity contribution in [3.8, 4) is 28.6 Å². The highest BCUT2D eigenvalue weighted by atomic mass is 19.1. The second kappa shape index (κ2) is 8.12. The van der Waals surface area contributed by atoms with E-state index in [9.17, 15) is 19.4 Å². The number of carboxylic acids is 1. The van der Waals surface area contributed by atoms with Crippen molar-refractivity contribution < 1.29 is 23.8 Å². The summed E-state index contributed by atoms with van der Waals surface area (Å²) in [5.41, 5.74) is 2.09. The number of aromatic carboxylic acids is 1. The molecule has 0 radical (unpaired) electrons. The summed E-state index contributed by atoms with van der Waals surface area (Å²) in [6, 6.07) is 15.6. The van der Waals surface area contributed by atoms with Crippen molar-refractivity contribution in [2.75, 3.05) is 0 Å². The third-order valence-electron chi connectivity index (χ3n) is 5.06. The van der Waals surface area contributed by atoms with Crippen LogP contribution in [-0.2, 0) is 6.42 Å². The van der Waals surface area contributed by atoms with Crippen molar-refractivity contribution in [3.05, 3.63) is 89.7 Å². The molecule has 5 rings (SSSR count). The van der Waals surface area contributed by atoms with E-state index in [0.29, 0.717) is 16.6 Å². The quantitative estimate of drug-likeness (QED) is 0.409. The third kappa shape index (κ3) is 3.87. The summed E-state index contributed by atoms with van der Waals surface area (Å²) in [4.78, 5) is 20.2. The number of aromatic nitrogens is 4. The molecule has 2 aromatic carbocycles. The maximum atomic E-state index is 13.1. The summed E-state index contributed by atoms with van der Waals surface area (Å²) in [6.45, 7) is 0. The molecule has 33 heavy (non-hydrogen) atoms. The highest BCUT2D eigenvalue weighted by molar-refractivity contribution is 5.99. The van der Waals surface area contributed by atoms with Gasteiger partial charge in [0.15, 0.2) is 11.4 Å². The summed E-state index contributed by atoms with van der Waals surface area (Å²) in [5, 5.41) is 28.8. The molecule has 0 aliphatic carbocycles. The van der Waals surface area contributed by atoms with Crippen LogP contribution in [0, 0.1) is 5.82 Å². The van der Waals surface area contributed by atoms with Crippen LogP contribution in [0.2, 0.25) is 0 Å². The first-order valence-corrected chi connectivity index (χ1v) is 9.88. The molecule has 0 amide bonds. The molecular weight excluding hydrogens is 427 g/mol. The first-order chi connectivity index (χ1) is 16.0. The number of carboxylic acid groups (broad SMARTS) is 1. The van der Waals surface area contributed by atoms with E-state index in [-0.39, 0.29) is 46.5 Å². The molecule has 0 aliphatic rings. The van der Waals surface area contributed by atoms with Gasteiger partial charge in [0.25, 0.3) is 5.89 Å². The minimum atomic E-state index is -1.07. The summed E-state index contributed by atoms with van der Waals surface area (Å²) < 4.78 is 18.9. The average Bonchev–Trinajstić information content (AvgIpc) is 3.29. The number of benzene rings is 2. The van der Waals surface area contributed by atoms with E-state index in [0.717, 1.165) is 5.56 Å². The van der Waals surface area contributed by atoms with Gasteiger partial charge in [-0.3, -0.25) is 4.98 Å². The first kappa shape index (κ1) is 20.3. The van der Waals surface area contributed by atoms with Crippen molar-refractivity contribution in [2.45, 2.75) is 6.42 Å². The Labute approximate surface area is 186 Å². The van der Waals surface area contributed by atoms with Crippen LogP contribution in [0.15, 0.2) is 71.3 Å². The lowest BCUT2D eigenvalue weighted by Gasteiger charge is -2.10. The van der Waals surface area contributed by atoms with Gasteiger partial charge in [0.05, 0.1) is 17.7 Å². The van der Waals surface area contributed by atoms with Gasteiger partial charge in [-0.2, -0.15) is 0 Å². The minimum absolute atomic E-state index is 0.0206. The van der Waals surface area contributed by atoms with Gasteiger partial charge in [-0.15, -0.1) is 10.2 Å². The van der Waals surface area contributed by atoms with Gasteiger partial charge < -0.3 is 14.6 Å². The van der Waals surface area contributed by atoms with Crippen LogP contribution >= 0.6 is 0 Å². The van der Waals surface area contributed by atoms with Gasteiger partial charge in [0, 0.05) is 17.1 Å². The minimum Gasteiger partial charge on any atom is -0.504 e. The molecule has 162 valence electrons. The summed E-state index contributed by atoms with van der Waals surface area (Å²) in [6.07, 6.45) is 1.80. The van der Waals surface area contributed by atoms with E-state index in [1.54, 1.807) is 36.4 Å². The number of hydrogen-bond acceptors (Lipinski definition) is 7. The highest BCUT2D eigenvalue weighted by Gasteiger charge is 2.21. The molecule has 9 heteroatoms. The lowest BCUT2D eigenvalue weighted by molar-refractivity contribution is 0.0697. The van der Waals surface area contributed by atoms with E-state index in [2.05, 4.69) is 20.2 Å². The number of carbonyl (C=O) groups is 1. The molecule has 5 aromatic rings. The molecule has 0 saturated heterocycles. The van der Waals surface area contributed by atoms with Crippen LogP contribution in [0.1, 0.15) is 21.8 Å². The third-order valence-corrected chi connectivity index (χ3v) is 5.06. The van der Waals surface area contributed by atoms with Crippen molar-refractivity contribution in [2.24, 2.45) is 0 Å². The van der Waals surface area contributed by atoms with Gasteiger partial charge in [-0.1, -0.05) is 24.3 Å². The Morgan fingerprint density at radius 3 is 2.61 bits per heavy atom. The topological polar surface area (TPSA) is 122 Å². The van der Waals surface area contributed by atoms with Crippen molar-refractivity contribution in [3.63, 3.8) is 0 Å². The summed E-state index contributed by atoms with van der Waals surface area (Å²) in [5.74, 6) is -1.41. The molecule has 0 fully saturated rings.